The summed E-state index contributed by atoms with van der Waals surface area (Å²) in [5, 5.41) is 2.14. The van der Waals surface area contributed by atoms with Gasteiger partial charge in [0.25, 0.3) is 0 Å². The quantitative estimate of drug-likeness (QED) is 0.427. The minimum absolute atomic E-state index is 0.701. The van der Waals surface area contributed by atoms with Crippen molar-refractivity contribution in [2.24, 2.45) is 0 Å². The van der Waals surface area contributed by atoms with E-state index in [1.807, 2.05) is 60.8 Å². The molecule has 2 heterocycles. The van der Waals surface area contributed by atoms with Crippen molar-refractivity contribution in [2.75, 3.05) is 0 Å². The molecule has 0 aliphatic rings. The van der Waals surface area contributed by atoms with Crippen molar-refractivity contribution in [2.45, 2.75) is 0 Å². The van der Waals surface area contributed by atoms with Crippen LogP contribution in [0.2, 0.25) is 0 Å². The maximum Gasteiger partial charge on any atom is 0.162 e. The lowest BCUT2D eigenvalue weighted by Crippen LogP contribution is -1.96. The van der Waals surface area contributed by atoms with Gasteiger partial charge < -0.3 is 0 Å². The second kappa shape index (κ2) is 6.05. The van der Waals surface area contributed by atoms with Gasteiger partial charge in [-0.2, -0.15) is 0 Å². The van der Waals surface area contributed by atoms with E-state index in [2.05, 4.69) is 35.3 Å². The van der Waals surface area contributed by atoms with Gasteiger partial charge in [0.15, 0.2) is 5.82 Å². The smallest absolute Gasteiger partial charge is 0.162 e. The van der Waals surface area contributed by atoms with Crippen LogP contribution in [-0.2, 0) is 0 Å². The third-order valence-electron chi connectivity index (χ3n) is 4.52. The zero-order valence-corrected chi connectivity index (χ0v) is 14.0. The molecule has 0 saturated carbocycles. The number of benzene rings is 3. The molecule has 0 atom stereocenters. The number of para-hydroxylation sites is 2. The minimum Gasteiger partial charge on any atom is -0.255 e. The summed E-state index contributed by atoms with van der Waals surface area (Å²) < 4.78 is 0. The van der Waals surface area contributed by atoms with Crippen molar-refractivity contribution in [1.29, 1.82) is 0 Å². The lowest BCUT2D eigenvalue weighted by molar-refractivity contribution is 1.23. The van der Waals surface area contributed by atoms with Crippen LogP contribution in [0, 0.1) is 0 Å². The van der Waals surface area contributed by atoms with Crippen molar-refractivity contribution >= 4 is 21.8 Å². The van der Waals surface area contributed by atoms with E-state index < -0.39 is 0 Å². The predicted molar refractivity (Wildman–Crippen MR) is 106 cm³/mol. The summed E-state index contributed by atoms with van der Waals surface area (Å²) in [6, 6.07) is 28.5. The van der Waals surface area contributed by atoms with Crippen LogP contribution in [-0.4, -0.2) is 15.0 Å². The maximum absolute atomic E-state index is 4.94. The molecule has 122 valence electrons. The van der Waals surface area contributed by atoms with E-state index in [1.54, 1.807) is 0 Å². The van der Waals surface area contributed by atoms with Gasteiger partial charge in [-0.1, -0.05) is 66.7 Å². The molecule has 0 saturated heterocycles. The van der Waals surface area contributed by atoms with E-state index in [0.29, 0.717) is 5.82 Å². The van der Waals surface area contributed by atoms with Crippen LogP contribution in [0.5, 0.6) is 0 Å². The van der Waals surface area contributed by atoms with E-state index in [9.17, 15) is 0 Å². The third-order valence-corrected chi connectivity index (χ3v) is 4.52. The van der Waals surface area contributed by atoms with Gasteiger partial charge in [0.05, 0.1) is 16.7 Å². The molecule has 26 heavy (non-hydrogen) atoms. The number of rotatable bonds is 2. The Bertz CT molecular complexity index is 1220. The Labute approximate surface area is 151 Å². The molecule has 0 N–H and O–H groups in total. The summed E-state index contributed by atoms with van der Waals surface area (Å²) in [6.07, 6.45) is 1.81. The Hall–Kier alpha value is -3.59. The lowest BCUT2D eigenvalue weighted by Gasteiger charge is -2.10. The van der Waals surface area contributed by atoms with Crippen LogP contribution in [0.1, 0.15) is 0 Å². The zero-order valence-electron chi connectivity index (χ0n) is 14.0. The third kappa shape index (κ3) is 2.42. The van der Waals surface area contributed by atoms with Crippen molar-refractivity contribution in [3.63, 3.8) is 0 Å². The molecule has 2 aromatic heterocycles. The summed E-state index contributed by atoms with van der Waals surface area (Å²) in [5.74, 6) is 0.701. The van der Waals surface area contributed by atoms with E-state index in [-0.39, 0.29) is 0 Å². The topological polar surface area (TPSA) is 38.7 Å². The summed E-state index contributed by atoms with van der Waals surface area (Å²) in [7, 11) is 0. The number of fused-ring (bicyclic) bond motifs is 2. The first-order chi connectivity index (χ1) is 12.9. The van der Waals surface area contributed by atoms with E-state index in [1.165, 1.54) is 0 Å². The highest BCUT2D eigenvalue weighted by atomic mass is 14.9. The molecular weight excluding hydrogens is 318 g/mol. The molecular formula is C23H15N3. The molecule has 0 unspecified atom stereocenters. The van der Waals surface area contributed by atoms with E-state index in [0.717, 1.165) is 38.6 Å². The molecule has 0 bridgehead atoms. The molecule has 0 aliphatic heterocycles. The van der Waals surface area contributed by atoms with Gasteiger partial charge in [-0.15, -0.1) is 0 Å². The number of aromatic nitrogens is 3. The van der Waals surface area contributed by atoms with Crippen LogP contribution >= 0.6 is 0 Å². The fraction of sp³-hybridized carbons (Fsp3) is 0. The average Bonchev–Trinajstić information content (AvgIpc) is 2.73. The normalized spacial score (nSPS) is 11.1. The Morgan fingerprint density at radius 3 is 2.35 bits per heavy atom. The highest BCUT2D eigenvalue weighted by Crippen LogP contribution is 2.31. The number of hydrogen-bond acceptors (Lipinski definition) is 3. The fourth-order valence-electron chi connectivity index (χ4n) is 3.30. The van der Waals surface area contributed by atoms with Gasteiger partial charge >= 0.3 is 0 Å². The van der Waals surface area contributed by atoms with Crippen molar-refractivity contribution in [3.05, 3.63) is 91.1 Å². The Morgan fingerprint density at radius 1 is 0.615 bits per heavy atom. The molecule has 3 aromatic carbocycles. The molecule has 0 fully saturated rings. The van der Waals surface area contributed by atoms with E-state index in [4.69, 9.17) is 9.97 Å². The van der Waals surface area contributed by atoms with Crippen molar-refractivity contribution < 1.29 is 0 Å². The Balaban J connectivity index is 1.84. The fourth-order valence-corrected chi connectivity index (χ4v) is 3.30. The molecule has 3 nitrogen and oxygen atoms in total. The molecule has 5 rings (SSSR count). The summed E-state index contributed by atoms with van der Waals surface area (Å²) in [4.78, 5) is 14.3. The Kier molecular flexibility index (Phi) is 3.42. The van der Waals surface area contributed by atoms with E-state index >= 15 is 0 Å². The standard InChI is InChI=1S/C23H15N3/c1-2-8-17(9-3-1)22-18-12-4-5-14-20(18)25-23(26-22)19-13-6-10-16-11-7-15-24-21(16)19/h1-15H. The van der Waals surface area contributed by atoms with Gasteiger partial charge in [-0.3, -0.25) is 4.98 Å². The van der Waals surface area contributed by atoms with Gasteiger partial charge in [0.1, 0.15) is 0 Å². The van der Waals surface area contributed by atoms with Gasteiger partial charge in [0, 0.05) is 28.1 Å². The first-order valence-corrected chi connectivity index (χ1v) is 8.56. The molecule has 5 aromatic rings. The van der Waals surface area contributed by atoms with Gasteiger partial charge in [-0.05, 0) is 18.2 Å². The zero-order chi connectivity index (χ0) is 17.3. The van der Waals surface area contributed by atoms with Crippen LogP contribution in [0.4, 0.5) is 0 Å². The minimum atomic E-state index is 0.701. The summed E-state index contributed by atoms with van der Waals surface area (Å²) in [5.41, 5.74) is 4.83. The monoisotopic (exact) mass is 333 g/mol. The van der Waals surface area contributed by atoms with Crippen molar-refractivity contribution in [3.8, 4) is 22.6 Å². The van der Waals surface area contributed by atoms with Crippen molar-refractivity contribution in [1.82, 2.24) is 15.0 Å². The van der Waals surface area contributed by atoms with Crippen LogP contribution in [0.3, 0.4) is 0 Å². The van der Waals surface area contributed by atoms with Crippen LogP contribution in [0.25, 0.3) is 44.5 Å². The van der Waals surface area contributed by atoms with Crippen LogP contribution in [0.15, 0.2) is 91.1 Å². The lowest BCUT2D eigenvalue weighted by atomic mass is 10.0. The number of nitrogens with zero attached hydrogens (tertiary/aromatic N) is 3. The largest absolute Gasteiger partial charge is 0.255 e. The highest BCUT2D eigenvalue weighted by molar-refractivity contribution is 5.96. The second-order valence-electron chi connectivity index (χ2n) is 6.16. The SMILES string of the molecule is c1ccc(-c2nc(-c3cccc4cccnc34)nc3ccccc23)cc1. The summed E-state index contributed by atoms with van der Waals surface area (Å²) >= 11 is 0. The number of hydrogen-bond donors (Lipinski definition) is 0. The first-order valence-electron chi connectivity index (χ1n) is 8.56. The van der Waals surface area contributed by atoms with Gasteiger partial charge in [-0.25, -0.2) is 9.97 Å². The average molecular weight is 333 g/mol. The number of pyridine rings is 1. The molecule has 0 amide bonds. The predicted octanol–water partition coefficient (Wildman–Crippen LogP) is 5.51. The van der Waals surface area contributed by atoms with Crippen LogP contribution < -0.4 is 0 Å². The highest BCUT2D eigenvalue weighted by Gasteiger charge is 2.13. The van der Waals surface area contributed by atoms with Gasteiger partial charge in [0.2, 0.25) is 0 Å². The molecule has 3 heteroatoms. The maximum atomic E-state index is 4.94. The summed E-state index contributed by atoms with van der Waals surface area (Å²) in [6.45, 7) is 0. The molecule has 0 spiro atoms. The first kappa shape index (κ1) is 14.7. The molecule has 0 aliphatic carbocycles. The molecule has 0 radical (unpaired) electrons. The Morgan fingerprint density at radius 2 is 1.42 bits per heavy atom. The second-order valence-corrected chi connectivity index (χ2v) is 6.16.